The van der Waals surface area contributed by atoms with E-state index >= 15 is 0 Å². The molecule has 0 unspecified atom stereocenters. The summed E-state index contributed by atoms with van der Waals surface area (Å²) >= 11 is 7.75. The molecule has 0 atom stereocenters. The van der Waals surface area contributed by atoms with Crippen LogP contribution in [0.2, 0.25) is 5.02 Å². The predicted molar refractivity (Wildman–Crippen MR) is 88.3 cm³/mol. The van der Waals surface area contributed by atoms with Crippen LogP contribution in [0.3, 0.4) is 0 Å². The monoisotopic (exact) mass is 320 g/mol. The Morgan fingerprint density at radius 1 is 1.10 bits per heavy atom. The van der Waals surface area contributed by atoms with Gasteiger partial charge in [0.1, 0.15) is 0 Å². The lowest BCUT2D eigenvalue weighted by molar-refractivity contribution is -0.136. The second kappa shape index (κ2) is 8.11. The molecule has 0 aliphatic heterocycles. The van der Waals surface area contributed by atoms with E-state index in [4.69, 9.17) is 16.7 Å². The van der Waals surface area contributed by atoms with Crippen molar-refractivity contribution in [2.75, 3.05) is 5.75 Å². The van der Waals surface area contributed by atoms with Gasteiger partial charge < -0.3 is 5.11 Å². The molecule has 2 aromatic carbocycles. The number of hydrogen-bond acceptors (Lipinski definition) is 2. The number of aryl methyl sites for hydroxylation is 1. The van der Waals surface area contributed by atoms with E-state index in [-0.39, 0.29) is 6.42 Å². The van der Waals surface area contributed by atoms with Crippen LogP contribution in [0.15, 0.2) is 53.4 Å². The van der Waals surface area contributed by atoms with Crippen molar-refractivity contribution in [2.45, 2.75) is 24.2 Å². The maximum Gasteiger partial charge on any atom is 0.307 e. The molecule has 0 aliphatic carbocycles. The van der Waals surface area contributed by atoms with E-state index in [9.17, 15) is 4.79 Å². The average molecular weight is 321 g/mol. The third-order valence-electron chi connectivity index (χ3n) is 3.05. The van der Waals surface area contributed by atoms with Gasteiger partial charge in [0.25, 0.3) is 0 Å². The van der Waals surface area contributed by atoms with E-state index in [0.29, 0.717) is 0 Å². The summed E-state index contributed by atoms with van der Waals surface area (Å²) in [6.07, 6.45) is 2.17. The molecule has 110 valence electrons. The first kappa shape index (κ1) is 15.9. The number of halogens is 1. The van der Waals surface area contributed by atoms with Crippen molar-refractivity contribution in [3.8, 4) is 0 Å². The summed E-state index contributed by atoms with van der Waals surface area (Å²) in [5, 5.41) is 9.50. The third kappa shape index (κ3) is 5.82. The molecular formula is C17H17ClO2S. The number of rotatable bonds is 7. The van der Waals surface area contributed by atoms with Crippen molar-refractivity contribution in [1.82, 2.24) is 0 Å². The van der Waals surface area contributed by atoms with Crippen molar-refractivity contribution in [3.05, 3.63) is 64.7 Å². The number of benzene rings is 2. The number of carbonyl (C=O) groups is 1. The van der Waals surface area contributed by atoms with Crippen molar-refractivity contribution < 1.29 is 9.90 Å². The van der Waals surface area contributed by atoms with Gasteiger partial charge in [-0.05, 0) is 47.9 Å². The van der Waals surface area contributed by atoms with Gasteiger partial charge in [-0.25, -0.2) is 0 Å². The molecule has 4 heteroatoms. The van der Waals surface area contributed by atoms with Gasteiger partial charge >= 0.3 is 5.97 Å². The number of hydrogen-bond donors (Lipinski definition) is 1. The van der Waals surface area contributed by atoms with E-state index < -0.39 is 5.97 Å². The van der Waals surface area contributed by atoms with Crippen LogP contribution in [0, 0.1) is 0 Å². The van der Waals surface area contributed by atoms with Gasteiger partial charge in [-0.2, -0.15) is 0 Å². The maximum absolute atomic E-state index is 10.6. The van der Waals surface area contributed by atoms with Crippen LogP contribution in [-0.2, 0) is 17.6 Å². The predicted octanol–water partition coefficient (Wildman–Crippen LogP) is 4.69. The van der Waals surface area contributed by atoms with Gasteiger partial charge in [0.2, 0.25) is 0 Å². The van der Waals surface area contributed by atoms with Crippen LogP contribution in [0.1, 0.15) is 17.5 Å². The van der Waals surface area contributed by atoms with Crippen molar-refractivity contribution in [3.63, 3.8) is 0 Å². The number of carboxylic acid groups (broad SMARTS) is 1. The van der Waals surface area contributed by atoms with Gasteiger partial charge in [0, 0.05) is 9.92 Å². The maximum atomic E-state index is 10.6. The molecule has 0 spiro atoms. The highest BCUT2D eigenvalue weighted by atomic mass is 35.5. The first-order chi connectivity index (χ1) is 10.1. The quantitative estimate of drug-likeness (QED) is 0.594. The van der Waals surface area contributed by atoms with Crippen molar-refractivity contribution in [1.29, 1.82) is 0 Å². The fourth-order valence-electron chi connectivity index (χ4n) is 2.02. The van der Waals surface area contributed by atoms with E-state index in [0.717, 1.165) is 29.2 Å². The van der Waals surface area contributed by atoms with Crippen LogP contribution in [0.5, 0.6) is 0 Å². The number of thioether (sulfide) groups is 1. The SMILES string of the molecule is O=C(O)Cc1ccc(CCCSc2cccc(Cl)c2)cc1. The highest BCUT2D eigenvalue weighted by molar-refractivity contribution is 7.99. The second-order valence-corrected chi connectivity index (χ2v) is 6.40. The normalized spacial score (nSPS) is 10.5. The lowest BCUT2D eigenvalue weighted by atomic mass is 10.1. The fraction of sp³-hybridized carbons (Fsp3) is 0.235. The number of aliphatic carboxylic acids is 1. The molecule has 0 saturated carbocycles. The minimum Gasteiger partial charge on any atom is -0.481 e. The van der Waals surface area contributed by atoms with Gasteiger partial charge in [-0.3, -0.25) is 4.79 Å². The second-order valence-electron chi connectivity index (χ2n) is 4.80. The summed E-state index contributed by atoms with van der Waals surface area (Å²) in [4.78, 5) is 11.8. The lowest BCUT2D eigenvalue weighted by Gasteiger charge is -2.04. The Morgan fingerprint density at radius 2 is 1.81 bits per heavy atom. The Morgan fingerprint density at radius 3 is 2.48 bits per heavy atom. The van der Waals surface area contributed by atoms with Crippen LogP contribution in [-0.4, -0.2) is 16.8 Å². The van der Waals surface area contributed by atoms with Crippen molar-refractivity contribution >= 4 is 29.3 Å². The Labute approximate surface area is 134 Å². The molecule has 2 aromatic rings. The molecule has 0 bridgehead atoms. The fourth-order valence-corrected chi connectivity index (χ4v) is 3.19. The Bertz CT molecular complexity index is 596. The van der Waals surface area contributed by atoms with Crippen LogP contribution >= 0.6 is 23.4 Å². The molecule has 0 aromatic heterocycles. The van der Waals surface area contributed by atoms with Crippen LogP contribution in [0.25, 0.3) is 0 Å². The zero-order valence-electron chi connectivity index (χ0n) is 11.6. The highest BCUT2D eigenvalue weighted by Crippen LogP contribution is 2.22. The summed E-state index contributed by atoms with van der Waals surface area (Å²) in [5.74, 6) is 0.248. The Kier molecular flexibility index (Phi) is 6.15. The summed E-state index contributed by atoms with van der Waals surface area (Å²) in [5.41, 5.74) is 2.09. The number of carboxylic acids is 1. The summed E-state index contributed by atoms with van der Waals surface area (Å²) in [6.45, 7) is 0. The van der Waals surface area contributed by atoms with Crippen LogP contribution in [0.4, 0.5) is 0 Å². The molecule has 0 saturated heterocycles. The van der Waals surface area contributed by atoms with Gasteiger partial charge in [0.05, 0.1) is 6.42 Å². The highest BCUT2D eigenvalue weighted by Gasteiger charge is 2.01. The molecule has 1 N–H and O–H groups in total. The van der Waals surface area contributed by atoms with Gasteiger partial charge in [-0.15, -0.1) is 11.8 Å². The van der Waals surface area contributed by atoms with E-state index in [2.05, 4.69) is 6.07 Å². The minimum atomic E-state index is -0.791. The van der Waals surface area contributed by atoms with Gasteiger partial charge in [0.15, 0.2) is 0 Å². The van der Waals surface area contributed by atoms with E-state index in [1.807, 2.05) is 42.5 Å². The zero-order chi connectivity index (χ0) is 15.1. The molecule has 2 rings (SSSR count). The Balaban J connectivity index is 1.74. The molecule has 2 nitrogen and oxygen atoms in total. The Hall–Kier alpha value is -1.45. The summed E-state index contributed by atoms with van der Waals surface area (Å²) < 4.78 is 0. The summed E-state index contributed by atoms with van der Waals surface area (Å²) in [7, 11) is 0. The molecule has 0 radical (unpaired) electrons. The average Bonchev–Trinajstić information content (AvgIpc) is 2.45. The molecule has 0 aliphatic rings. The first-order valence-corrected chi connectivity index (χ1v) is 8.18. The third-order valence-corrected chi connectivity index (χ3v) is 4.37. The smallest absolute Gasteiger partial charge is 0.307 e. The molecule has 21 heavy (non-hydrogen) atoms. The largest absolute Gasteiger partial charge is 0.481 e. The van der Waals surface area contributed by atoms with Gasteiger partial charge in [-0.1, -0.05) is 41.9 Å². The molecular weight excluding hydrogens is 304 g/mol. The summed E-state index contributed by atoms with van der Waals surface area (Å²) in [6, 6.07) is 15.7. The topological polar surface area (TPSA) is 37.3 Å². The minimum absolute atomic E-state index is 0.0882. The standard InChI is InChI=1S/C17H17ClO2S/c18-15-4-1-5-16(12-15)21-10-2-3-13-6-8-14(9-7-13)11-17(19)20/h1,4-9,12H,2-3,10-11H2,(H,19,20). The van der Waals surface area contributed by atoms with E-state index in [1.54, 1.807) is 11.8 Å². The molecule has 0 fully saturated rings. The van der Waals surface area contributed by atoms with E-state index in [1.165, 1.54) is 10.5 Å². The lowest BCUT2D eigenvalue weighted by Crippen LogP contribution is -1.99. The zero-order valence-corrected chi connectivity index (χ0v) is 13.2. The molecule has 0 heterocycles. The first-order valence-electron chi connectivity index (χ1n) is 6.81. The van der Waals surface area contributed by atoms with Crippen LogP contribution < -0.4 is 0 Å². The molecule has 0 amide bonds. The van der Waals surface area contributed by atoms with Crippen molar-refractivity contribution in [2.24, 2.45) is 0 Å².